The smallest absolute Gasteiger partial charge is 0.191 e. The van der Waals surface area contributed by atoms with Crippen molar-refractivity contribution < 1.29 is 8.42 Å². The molecule has 2 N–H and O–H groups in total. The van der Waals surface area contributed by atoms with E-state index in [2.05, 4.69) is 29.5 Å². The van der Waals surface area contributed by atoms with Gasteiger partial charge >= 0.3 is 0 Å². The third kappa shape index (κ3) is 6.96. The van der Waals surface area contributed by atoms with E-state index in [1.807, 2.05) is 12.1 Å². The number of hydrogen-bond acceptors (Lipinski definition) is 4. The number of piperidine rings is 1. The summed E-state index contributed by atoms with van der Waals surface area (Å²) < 4.78 is 23.0. The molecule has 7 heteroatoms. The highest BCUT2D eigenvalue weighted by molar-refractivity contribution is 7.90. The van der Waals surface area contributed by atoms with Gasteiger partial charge in [-0.15, -0.1) is 0 Å². The third-order valence-electron chi connectivity index (χ3n) is 4.75. The topological polar surface area (TPSA) is 73.8 Å². The van der Waals surface area contributed by atoms with Crippen LogP contribution in [0, 0.1) is 5.92 Å². The molecule has 0 spiro atoms. The maximum atomic E-state index is 11.5. The van der Waals surface area contributed by atoms with Crippen LogP contribution in [0.4, 0.5) is 0 Å². The number of benzene rings is 1. The molecule has 0 amide bonds. The third-order valence-corrected chi connectivity index (χ3v) is 5.88. The molecule has 2 rings (SSSR count). The summed E-state index contributed by atoms with van der Waals surface area (Å²) in [5.41, 5.74) is 1.11. The van der Waals surface area contributed by atoms with E-state index < -0.39 is 9.84 Å². The lowest BCUT2D eigenvalue weighted by Gasteiger charge is -2.28. The number of aliphatic imine (C=N–C) groups is 1. The van der Waals surface area contributed by atoms with Crippen molar-refractivity contribution in [3.8, 4) is 0 Å². The van der Waals surface area contributed by atoms with Crippen LogP contribution in [-0.4, -0.2) is 65.3 Å². The molecule has 0 atom stereocenters. The summed E-state index contributed by atoms with van der Waals surface area (Å²) >= 11 is 0. The van der Waals surface area contributed by atoms with E-state index in [9.17, 15) is 8.42 Å². The normalized spacial score (nSPS) is 17.3. The summed E-state index contributed by atoms with van der Waals surface area (Å²) in [5, 5.41) is 6.67. The molecule has 1 heterocycles. The average Bonchev–Trinajstić information content (AvgIpc) is 2.61. The zero-order valence-electron chi connectivity index (χ0n) is 16.2. The molecule has 0 unspecified atom stereocenters. The Morgan fingerprint density at radius 1 is 1.19 bits per heavy atom. The average molecular weight is 381 g/mol. The molecule has 0 radical (unpaired) electrons. The van der Waals surface area contributed by atoms with Crippen LogP contribution < -0.4 is 10.6 Å². The van der Waals surface area contributed by atoms with Crippen molar-refractivity contribution in [3.63, 3.8) is 0 Å². The lowest BCUT2D eigenvalue weighted by atomic mass is 9.97. The molecule has 146 valence electrons. The van der Waals surface area contributed by atoms with E-state index in [1.54, 1.807) is 12.1 Å². The highest BCUT2D eigenvalue weighted by Gasteiger charge is 2.16. The Balaban J connectivity index is 1.81. The first-order valence-corrected chi connectivity index (χ1v) is 11.3. The Kier molecular flexibility index (Phi) is 7.90. The van der Waals surface area contributed by atoms with Crippen molar-refractivity contribution in [2.45, 2.75) is 31.1 Å². The molecule has 1 saturated heterocycles. The molecule has 1 fully saturated rings. The van der Waals surface area contributed by atoms with Crippen LogP contribution in [0.1, 0.15) is 25.3 Å². The molecule has 1 aliphatic heterocycles. The van der Waals surface area contributed by atoms with Crippen LogP contribution in [0.15, 0.2) is 34.2 Å². The predicted molar refractivity (Wildman–Crippen MR) is 107 cm³/mol. The number of guanidine groups is 1. The van der Waals surface area contributed by atoms with Crippen molar-refractivity contribution in [3.05, 3.63) is 29.8 Å². The molecule has 0 aromatic heterocycles. The van der Waals surface area contributed by atoms with E-state index in [1.165, 1.54) is 19.1 Å². The van der Waals surface area contributed by atoms with Crippen molar-refractivity contribution in [1.29, 1.82) is 0 Å². The molecule has 26 heavy (non-hydrogen) atoms. The molecular formula is C19H32N4O2S. The van der Waals surface area contributed by atoms with Crippen molar-refractivity contribution >= 4 is 15.8 Å². The fourth-order valence-corrected chi connectivity index (χ4v) is 3.67. The van der Waals surface area contributed by atoms with Gasteiger partial charge in [-0.2, -0.15) is 0 Å². The van der Waals surface area contributed by atoms with E-state index >= 15 is 0 Å². The van der Waals surface area contributed by atoms with Crippen molar-refractivity contribution in [2.24, 2.45) is 10.9 Å². The molecule has 0 saturated carbocycles. The first-order chi connectivity index (χ1) is 12.4. The van der Waals surface area contributed by atoms with Gasteiger partial charge in [-0.1, -0.05) is 12.1 Å². The summed E-state index contributed by atoms with van der Waals surface area (Å²) in [5.74, 6) is 1.53. The zero-order valence-corrected chi connectivity index (χ0v) is 17.0. The Morgan fingerprint density at radius 3 is 2.42 bits per heavy atom. The second-order valence-electron chi connectivity index (χ2n) is 7.06. The lowest BCUT2D eigenvalue weighted by molar-refractivity contribution is 0.223. The summed E-state index contributed by atoms with van der Waals surface area (Å²) in [6.45, 7) is 6.85. The number of likely N-dealkylation sites (tertiary alicyclic amines) is 1. The number of hydrogen-bond donors (Lipinski definition) is 2. The van der Waals surface area contributed by atoms with Crippen molar-refractivity contribution in [2.75, 3.05) is 46.0 Å². The fourth-order valence-electron chi connectivity index (χ4n) is 3.04. The Hall–Kier alpha value is -1.60. The molecule has 1 aliphatic rings. The minimum Gasteiger partial charge on any atom is -0.357 e. The monoisotopic (exact) mass is 380 g/mol. The van der Waals surface area contributed by atoms with Gasteiger partial charge in [-0.3, -0.25) is 4.99 Å². The van der Waals surface area contributed by atoms with Gasteiger partial charge in [0, 0.05) is 25.9 Å². The molecule has 1 aromatic carbocycles. The minimum atomic E-state index is -3.13. The van der Waals surface area contributed by atoms with E-state index in [0.717, 1.165) is 50.7 Å². The maximum Gasteiger partial charge on any atom is 0.191 e. The molecule has 0 aliphatic carbocycles. The highest BCUT2D eigenvalue weighted by atomic mass is 32.2. The van der Waals surface area contributed by atoms with Crippen molar-refractivity contribution in [1.82, 2.24) is 15.5 Å². The number of sulfone groups is 1. The van der Waals surface area contributed by atoms with Gasteiger partial charge in [-0.05, 0) is 69.9 Å². The van der Waals surface area contributed by atoms with Crippen LogP contribution in [0.5, 0.6) is 0 Å². The molecular weight excluding hydrogens is 348 g/mol. The number of nitrogens with one attached hydrogen (secondary N) is 2. The van der Waals surface area contributed by atoms with Gasteiger partial charge in [0.15, 0.2) is 15.8 Å². The Labute approximate surface area is 158 Å². The van der Waals surface area contributed by atoms with Crippen LogP contribution >= 0.6 is 0 Å². The summed E-state index contributed by atoms with van der Waals surface area (Å²) in [6.07, 6.45) is 4.48. The first-order valence-electron chi connectivity index (χ1n) is 9.38. The van der Waals surface area contributed by atoms with Gasteiger partial charge in [0.05, 0.1) is 4.90 Å². The van der Waals surface area contributed by atoms with Crippen LogP contribution in [0.25, 0.3) is 0 Å². The SMILES string of the molecule is CCNC(=NCC1CCN(C)CC1)NCCc1ccc(S(C)(=O)=O)cc1. The number of nitrogens with zero attached hydrogens (tertiary/aromatic N) is 2. The second-order valence-corrected chi connectivity index (χ2v) is 9.07. The van der Waals surface area contributed by atoms with Crippen LogP contribution in [0.3, 0.4) is 0 Å². The quantitative estimate of drug-likeness (QED) is 0.554. The van der Waals surface area contributed by atoms with E-state index in [-0.39, 0.29) is 0 Å². The van der Waals surface area contributed by atoms with Gasteiger partial charge < -0.3 is 15.5 Å². The standard InChI is InChI=1S/C19H32N4O2S/c1-4-20-19(22-15-17-10-13-23(2)14-11-17)21-12-9-16-5-7-18(8-6-16)26(3,24)25/h5-8,17H,4,9-15H2,1-3H3,(H2,20,21,22). The van der Waals surface area contributed by atoms with Gasteiger partial charge in [-0.25, -0.2) is 8.42 Å². The number of rotatable bonds is 7. The molecule has 1 aromatic rings. The Morgan fingerprint density at radius 2 is 1.85 bits per heavy atom. The van der Waals surface area contributed by atoms with Gasteiger partial charge in [0.2, 0.25) is 0 Å². The van der Waals surface area contributed by atoms with E-state index in [4.69, 9.17) is 4.99 Å². The summed E-state index contributed by atoms with van der Waals surface area (Å²) in [4.78, 5) is 7.47. The Bertz CT molecular complexity index is 678. The molecule has 6 nitrogen and oxygen atoms in total. The predicted octanol–water partition coefficient (Wildman–Crippen LogP) is 1.53. The highest BCUT2D eigenvalue weighted by Crippen LogP contribution is 2.16. The lowest BCUT2D eigenvalue weighted by Crippen LogP contribution is -2.39. The summed E-state index contributed by atoms with van der Waals surface area (Å²) in [6, 6.07) is 7.09. The first kappa shape index (κ1) is 20.7. The summed E-state index contributed by atoms with van der Waals surface area (Å²) in [7, 11) is -0.956. The second kappa shape index (κ2) is 9.92. The van der Waals surface area contributed by atoms with Crippen LogP contribution in [-0.2, 0) is 16.3 Å². The zero-order chi connectivity index (χ0) is 19.0. The van der Waals surface area contributed by atoms with Crippen LogP contribution in [0.2, 0.25) is 0 Å². The fraction of sp³-hybridized carbons (Fsp3) is 0.632. The largest absolute Gasteiger partial charge is 0.357 e. The van der Waals surface area contributed by atoms with Gasteiger partial charge in [0.1, 0.15) is 0 Å². The van der Waals surface area contributed by atoms with Gasteiger partial charge in [0.25, 0.3) is 0 Å². The molecule has 0 bridgehead atoms. The maximum absolute atomic E-state index is 11.5. The minimum absolute atomic E-state index is 0.363. The van der Waals surface area contributed by atoms with E-state index in [0.29, 0.717) is 10.8 Å².